The van der Waals surface area contributed by atoms with Crippen LogP contribution in [0, 0.1) is 50.7 Å². The number of fused-ring (bicyclic) bond motifs is 4. The van der Waals surface area contributed by atoms with Gasteiger partial charge in [-0.3, -0.25) is 4.90 Å². The maximum absolute atomic E-state index is 6.99. The third-order valence-corrected chi connectivity index (χ3v) is 16.2. The number of hydrogen-bond acceptors (Lipinski definition) is 8. The van der Waals surface area contributed by atoms with Gasteiger partial charge in [0.05, 0.1) is 50.7 Å². The van der Waals surface area contributed by atoms with Crippen molar-refractivity contribution in [3.63, 3.8) is 0 Å². The second-order valence-electron chi connectivity index (χ2n) is 18.1. The number of aromatic nitrogens is 2. The van der Waals surface area contributed by atoms with Crippen molar-refractivity contribution in [1.29, 1.82) is 0 Å². The minimum absolute atomic E-state index is 0.107. The maximum atomic E-state index is 6.99. The van der Waals surface area contributed by atoms with Crippen LogP contribution in [-0.2, 0) is 18.9 Å². The standard InChI is InChI=1S/C38H57N3O5/c1-24-17-26(22-44-33-39-13-6-14-40-33)45-27-18-36(5)29-8-7-28-34(2,3)30(46-31-19-41(15-16-43-31)25-20-42-21-25)9-10-37(28)23-38(29,37)12-11-35(36,4)32(24)27/h6,13-14,24-32H,7-12,15-23H2,1-5H3/t24-,26?,27?,28?,29?,30+,31?,32?,35-,36+,37-,38?/m1/s1. The maximum Gasteiger partial charge on any atom is 0.316 e. The van der Waals surface area contributed by atoms with E-state index in [0.717, 1.165) is 51.2 Å². The summed E-state index contributed by atoms with van der Waals surface area (Å²) in [5, 5.41) is 0. The Kier molecular flexibility index (Phi) is 7.07. The zero-order valence-corrected chi connectivity index (χ0v) is 28.9. The topological polar surface area (TPSA) is 75.2 Å². The fraction of sp³-hybridized carbons (Fsp3) is 0.895. The van der Waals surface area contributed by atoms with E-state index in [-0.39, 0.29) is 23.9 Å². The van der Waals surface area contributed by atoms with Gasteiger partial charge in [-0.2, -0.15) is 0 Å². The molecule has 46 heavy (non-hydrogen) atoms. The van der Waals surface area contributed by atoms with Crippen LogP contribution in [0.25, 0.3) is 0 Å². The van der Waals surface area contributed by atoms with Gasteiger partial charge in [0, 0.05) is 18.9 Å². The molecule has 9 rings (SSSR count). The number of morpholine rings is 1. The summed E-state index contributed by atoms with van der Waals surface area (Å²) in [6, 6.07) is 2.83. The highest BCUT2D eigenvalue weighted by atomic mass is 16.7. The first-order valence-electron chi connectivity index (χ1n) is 18.7. The van der Waals surface area contributed by atoms with Crippen LogP contribution < -0.4 is 4.74 Å². The van der Waals surface area contributed by atoms with Gasteiger partial charge in [-0.1, -0.05) is 34.6 Å². The Morgan fingerprint density at radius 3 is 2.52 bits per heavy atom. The predicted molar refractivity (Wildman–Crippen MR) is 173 cm³/mol. The van der Waals surface area contributed by atoms with Crippen molar-refractivity contribution in [1.82, 2.24) is 14.9 Å². The van der Waals surface area contributed by atoms with Crippen LogP contribution in [0.15, 0.2) is 18.5 Å². The Balaban J connectivity index is 0.909. The number of rotatable bonds is 6. The van der Waals surface area contributed by atoms with E-state index in [4.69, 9.17) is 23.7 Å². The van der Waals surface area contributed by atoms with Gasteiger partial charge in [0.15, 0.2) is 6.29 Å². The lowest BCUT2D eigenvalue weighted by molar-refractivity contribution is -0.255. The van der Waals surface area contributed by atoms with E-state index >= 15 is 0 Å². The molecule has 12 atom stereocenters. The molecule has 1 aromatic heterocycles. The SMILES string of the molecule is C[C@@H]1CC(COc2ncccn2)OC2C[C@@]3(C)C4CCC5C(C)(C)[C@@H](OC6CN(C7COC7)CCO6)CC[C@@]56CC46CC[C@]3(C)C21. The fourth-order valence-electron chi connectivity index (χ4n) is 13.9. The first kappa shape index (κ1) is 30.7. The summed E-state index contributed by atoms with van der Waals surface area (Å²) in [6.07, 6.45) is 15.8. The summed E-state index contributed by atoms with van der Waals surface area (Å²) in [6.45, 7) is 17.9. The van der Waals surface area contributed by atoms with E-state index in [9.17, 15) is 0 Å². The van der Waals surface area contributed by atoms with Crippen molar-refractivity contribution in [2.24, 2.45) is 50.7 Å². The molecular formula is C38H57N3O5. The largest absolute Gasteiger partial charge is 0.461 e. The van der Waals surface area contributed by atoms with Gasteiger partial charge in [0.2, 0.25) is 0 Å². The van der Waals surface area contributed by atoms with Gasteiger partial charge in [0.1, 0.15) is 6.61 Å². The molecule has 8 fully saturated rings. The second kappa shape index (κ2) is 10.6. The molecule has 0 aromatic carbocycles. The lowest BCUT2D eigenvalue weighted by Crippen LogP contribution is -2.59. The minimum atomic E-state index is -0.107. The Hall–Kier alpha value is -1.32. The van der Waals surface area contributed by atoms with E-state index in [1.54, 1.807) is 12.4 Å². The molecule has 254 valence electrons. The van der Waals surface area contributed by atoms with E-state index < -0.39 is 0 Å². The van der Waals surface area contributed by atoms with Crippen LogP contribution in [0.4, 0.5) is 0 Å². The molecule has 0 N–H and O–H groups in total. The first-order valence-corrected chi connectivity index (χ1v) is 18.7. The Labute approximate surface area is 276 Å². The highest BCUT2D eigenvalue weighted by Gasteiger charge is 2.83. The molecule has 3 saturated heterocycles. The highest BCUT2D eigenvalue weighted by molar-refractivity contribution is 5.31. The first-order chi connectivity index (χ1) is 22.1. The van der Waals surface area contributed by atoms with Crippen LogP contribution in [-0.4, -0.2) is 85.0 Å². The number of hydrogen-bond donors (Lipinski definition) is 0. The van der Waals surface area contributed by atoms with E-state index in [1.165, 1.54) is 51.4 Å². The van der Waals surface area contributed by atoms with Gasteiger partial charge >= 0.3 is 6.01 Å². The summed E-state index contributed by atoms with van der Waals surface area (Å²) in [4.78, 5) is 11.1. The Morgan fingerprint density at radius 2 is 1.74 bits per heavy atom. The monoisotopic (exact) mass is 635 g/mol. The van der Waals surface area contributed by atoms with Crippen molar-refractivity contribution >= 4 is 0 Å². The normalized spacial score (nSPS) is 51.1. The zero-order chi connectivity index (χ0) is 31.5. The molecule has 0 radical (unpaired) electrons. The van der Waals surface area contributed by atoms with Crippen LogP contribution in [0.5, 0.6) is 6.01 Å². The molecule has 8 heteroatoms. The van der Waals surface area contributed by atoms with E-state index in [2.05, 4.69) is 49.5 Å². The predicted octanol–water partition coefficient (Wildman–Crippen LogP) is 6.14. The van der Waals surface area contributed by atoms with Gasteiger partial charge < -0.3 is 23.7 Å². The summed E-state index contributed by atoms with van der Waals surface area (Å²) < 4.78 is 31.6. The second-order valence-corrected chi connectivity index (χ2v) is 18.1. The van der Waals surface area contributed by atoms with Crippen molar-refractivity contribution in [3.8, 4) is 6.01 Å². The Morgan fingerprint density at radius 1 is 0.957 bits per heavy atom. The highest BCUT2D eigenvalue weighted by Crippen LogP contribution is 2.89. The van der Waals surface area contributed by atoms with Crippen molar-refractivity contribution < 1.29 is 23.7 Å². The molecule has 5 aliphatic carbocycles. The molecule has 7 unspecified atom stereocenters. The average Bonchev–Trinajstić information content (AvgIpc) is 3.60. The van der Waals surface area contributed by atoms with Crippen LogP contribution in [0.3, 0.4) is 0 Å². The van der Waals surface area contributed by atoms with E-state index in [0.29, 0.717) is 58.3 Å². The van der Waals surface area contributed by atoms with Gasteiger partial charge in [0.25, 0.3) is 0 Å². The smallest absolute Gasteiger partial charge is 0.316 e. The van der Waals surface area contributed by atoms with Crippen molar-refractivity contribution in [3.05, 3.63) is 18.5 Å². The number of nitrogens with zero attached hydrogens (tertiary/aromatic N) is 3. The molecular weight excluding hydrogens is 578 g/mol. The molecule has 8 nitrogen and oxygen atoms in total. The van der Waals surface area contributed by atoms with Crippen LogP contribution in [0.1, 0.15) is 92.4 Å². The summed E-state index contributed by atoms with van der Waals surface area (Å²) in [5.74, 6) is 2.81. The lowest BCUT2D eigenvalue weighted by atomic mass is 9.41. The summed E-state index contributed by atoms with van der Waals surface area (Å²) in [5.41, 5.74) is 1.83. The quantitative estimate of drug-likeness (QED) is 0.369. The molecule has 8 aliphatic rings. The molecule has 5 saturated carbocycles. The third-order valence-electron chi connectivity index (χ3n) is 16.2. The molecule has 1 aromatic rings. The minimum Gasteiger partial charge on any atom is -0.461 e. The fourth-order valence-corrected chi connectivity index (χ4v) is 13.9. The molecule has 4 heterocycles. The van der Waals surface area contributed by atoms with E-state index in [1.807, 2.05) is 6.07 Å². The Bertz CT molecular complexity index is 1310. The molecule has 2 spiro atoms. The summed E-state index contributed by atoms with van der Waals surface area (Å²) >= 11 is 0. The molecule has 0 bridgehead atoms. The zero-order valence-electron chi connectivity index (χ0n) is 28.9. The van der Waals surface area contributed by atoms with Crippen LogP contribution >= 0.6 is 0 Å². The molecule has 3 aliphatic heterocycles. The number of ether oxygens (including phenoxy) is 5. The average molecular weight is 636 g/mol. The van der Waals surface area contributed by atoms with Gasteiger partial charge in [-0.05, 0) is 115 Å². The summed E-state index contributed by atoms with van der Waals surface area (Å²) in [7, 11) is 0. The lowest BCUT2D eigenvalue weighted by Gasteiger charge is -2.63. The van der Waals surface area contributed by atoms with Crippen molar-refractivity contribution in [2.45, 2.75) is 123 Å². The third kappa shape index (κ3) is 4.21. The van der Waals surface area contributed by atoms with Gasteiger partial charge in [-0.15, -0.1) is 0 Å². The van der Waals surface area contributed by atoms with Crippen LogP contribution in [0.2, 0.25) is 0 Å². The molecule has 0 amide bonds. The van der Waals surface area contributed by atoms with Gasteiger partial charge in [-0.25, -0.2) is 9.97 Å². The van der Waals surface area contributed by atoms with Crippen molar-refractivity contribution in [2.75, 3.05) is 39.5 Å².